The van der Waals surface area contributed by atoms with Crippen molar-refractivity contribution in [3.63, 3.8) is 0 Å². The van der Waals surface area contributed by atoms with E-state index in [0.29, 0.717) is 0 Å². The van der Waals surface area contributed by atoms with E-state index >= 15 is 0 Å². The fourth-order valence-corrected chi connectivity index (χ4v) is 1.28. The van der Waals surface area contributed by atoms with Gasteiger partial charge in [0.15, 0.2) is 0 Å². The SMILES string of the molecule is C=CC1CCCN(C)C1=O. The molecule has 0 radical (unpaired) electrons. The normalized spacial score (nSPS) is 26.7. The van der Waals surface area contributed by atoms with Crippen LogP contribution in [0, 0.1) is 5.92 Å². The monoisotopic (exact) mass is 139 g/mol. The van der Waals surface area contributed by atoms with Crippen LogP contribution in [0.15, 0.2) is 12.7 Å². The highest BCUT2D eigenvalue weighted by atomic mass is 16.2. The Morgan fingerprint density at radius 1 is 1.80 bits per heavy atom. The van der Waals surface area contributed by atoms with Crippen LogP contribution in [0.5, 0.6) is 0 Å². The number of likely N-dealkylation sites (tertiary alicyclic amines) is 1. The van der Waals surface area contributed by atoms with Crippen LogP contribution in [0.3, 0.4) is 0 Å². The van der Waals surface area contributed by atoms with Crippen LogP contribution < -0.4 is 0 Å². The number of carbonyl (C=O) groups is 1. The highest BCUT2D eigenvalue weighted by Gasteiger charge is 2.22. The van der Waals surface area contributed by atoms with Gasteiger partial charge < -0.3 is 4.90 Å². The largest absolute Gasteiger partial charge is 0.345 e. The minimum Gasteiger partial charge on any atom is -0.345 e. The molecule has 1 rings (SSSR count). The second kappa shape index (κ2) is 2.86. The predicted octanol–water partition coefficient (Wildman–Crippen LogP) is 1.04. The molecular formula is C8H13NO. The van der Waals surface area contributed by atoms with E-state index in [2.05, 4.69) is 6.58 Å². The zero-order valence-corrected chi connectivity index (χ0v) is 6.34. The molecule has 10 heavy (non-hydrogen) atoms. The Bertz CT molecular complexity index is 153. The van der Waals surface area contributed by atoms with E-state index in [9.17, 15) is 4.79 Å². The summed E-state index contributed by atoms with van der Waals surface area (Å²) >= 11 is 0. The van der Waals surface area contributed by atoms with Crippen LogP contribution in [-0.2, 0) is 4.79 Å². The number of hydrogen-bond donors (Lipinski definition) is 0. The molecule has 0 saturated carbocycles. The summed E-state index contributed by atoms with van der Waals surface area (Å²) in [5.41, 5.74) is 0. The second-order valence-corrected chi connectivity index (χ2v) is 2.74. The quantitative estimate of drug-likeness (QED) is 0.497. The summed E-state index contributed by atoms with van der Waals surface area (Å²) in [7, 11) is 1.85. The Hall–Kier alpha value is -0.790. The molecule has 0 N–H and O–H groups in total. The maximum Gasteiger partial charge on any atom is 0.229 e. The highest BCUT2D eigenvalue weighted by Crippen LogP contribution is 2.16. The molecule has 1 atom stereocenters. The molecule has 0 aromatic heterocycles. The van der Waals surface area contributed by atoms with Gasteiger partial charge in [0.05, 0.1) is 5.92 Å². The molecule has 1 unspecified atom stereocenters. The Morgan fingerprint density at radius 2 is 2.50 bits per heavy atom. The minimum atomic E-state index is 0.0822. The van der Waals surface area contributed by atoms with Gasteiger partial charge in [0.25, 0.3) is 0 Å². The molecule has 0 bridgehead atoms. The summed E-state index contributed by atoms with van der Waals surface area (Å²) in [6.45, 7) is 4.53. The van der Waals surface area contributed by atoms with Gasteiger partial charge in [-0.3, -0.25) is 4.79 Å². The zero-order valence-electron chi connectivity index (χ0n) is 6.34. The smallest absolute Gasteiger partial charge is 0.229 e. The van der Waals surface area contributed by atoms with Crippen molar-refractivity contribution in [1.29, 1.82) is 0 Å². The molecule has 2 heteroatoms. The minimum absolute atomic E-state index is 0.0822. The van der Waals surface area contributed by atoms with Crippen molar-refractivity contribution in [2.45, 2.75) is 12.8 Å². The van der Waals surface area contributed by atoms with Gasteiger partial charge in [-0.1, -0.05) is 6.08 Å². The number of nitrogens with zero attached hydrogens (tertiary/aromatic N) is 1. The molecule has 1 aliphatic rings. The van der Waals surface area contributed by atoms with Crippen LogP contribution in [-0.4, -0.2) is 24.4 Å². The summed E-state index contributed by atoms with van der Waals surface area (Å²) in [6.07, 6.45) is 3.84. The number of carbonyl (C=O) groups excluding carboxylic acids is 1. The Labute approximate surface area is 61.5 Å². The molecule has 0 aromatic carbocycles. The van der Waals surface area contributed by atoms with Crippen molar-refractivity contribution >= 4 is 5.91 Å². The van der Waals surface area contributed by atoms with Crippen LogP contribution in [0.2, 0.25) is 0 Å². The van der Waals surface area contributed by atoms with E-state index in [-0.39, 0.29) is 11.8 Å². The lowest BCUT2D eigenvalue weighted by atomic mass is 9.98. The highest BCUT2D eigenvalue weighted by molar-refractivity contribution is 5.80. The topological polar surface area (TPSA) is 20.3 Å². The molecule has 2 nitrogen and oxygen atoms in total. The Morgan fingerprint density at radius 3 is 3.00 bits per heavy atom. The van der Waals surface area contributed by atoms with Gasteiger partial charge in [-0.2, -0.15) is 0 Å². The second-order valence-electron chi connectivity index (χ2n) is 2.74. The van der Waals surface area contributed by atoms with E-state index in [1.54, 1.807) is 11.0 Å². The van der Waals surface area contributed by atoms with E-state index in [1.165, 1.54) is 0 Å². The first-order valence-electron chi connectivity index (χ1n) is 3.63. The van der Waals surface area contributed by atoms with Crippen molar-refractivity contribution < 1.29 is 4.79 Å². The lowest BCUT2D eigenvalue weighted by Gasteiger charge is -2.26. The molecule has 0 aliphatic carbocycles. The average molecular weight is 139 g/mol. The number of piperidine rings is 1. The molecule has 1 amide bonds. The third-order valence-electron chi connectivity index (χ3n) is 1.99. The number of amides is 1. The Kier molecular flexibility index (Phi) is 2.10. The molecule has 0 spiro atoms. The third kappa shape index (κ3) is 1.20. The van der Waals surface area contributed by atoms with Gasteiger partial charge in [-0.15, -0.1) is 6.58 Å². The Balaban J connectivity index is 2.59. The first kappa shape index (κ1) is 7.32. The van der Waals surface area contributed by atoms with Gasteiger partial charge in [0.2, 0.25) is 5.91 Å². The van der Waals surface area contributed by atoms with Gasteiger partial charge in [-0.25, -0.2) is 0 Å². The maximum atomic E-state index is 11.2. The molecule has 1 aliphatic heterocycles. The van der Waals surface area contributed by atoms with Crippen LogP contribution in [0.4, 0.5) is 0 Å². The summed E-state index contributed by atoms with van der Waals surface area (Å²) in [4.78, 5) is 13.0. The summed E-state index contributed by atoms with van der Waals surface area (Å²) in [5, 5.41) is 0. The van der Waals surface area contributed by atoms with Crippen molar-refractivity contribution in [1.82, 2.24) is 4.90 Å². The van der Waals surface area contributed by atoms with Crippen molar-refractivity contribution in [2.24, 2.45) is 5.92 Å². The third-order valence-corrected chi connectivity index (χ3v) is 1.99. The first-order chi connectivity index (χ1) is 4.75. The number of hydrogen-bond acceptors (Lipinski definition) is 1. The van der Waals surface area contributed by atoms with Crippen LogP contribution >= 0.6 is 0 Å². The van der Waals surface area contributed by atoms with E-state index in [1.807, 2.05) is 7.05 Å². The lowest BCUT2D eigenvalue weighted by Crippen LogP contribution is -2.37. The standard InChI is InChI=1S/C8H13NO/c1-3-7-5-4-6-9(2)8(7)10/h3,7H,1,4-6H2,2H3. The van der Waals surface area contributed by atoms with E-state index in [4.69, 9.17) is 0 Å². The summed E-state index contributed by atoms with van der Waals surface area (Å²) in [5.74, 6) is 0.306. The van der Waals surface area contributed by atoms with E-state index in [0.717, 1.165) is 19.4 Å². The number of rotatable bonds is 1. The van der Waals surface area contributed by atoms with E-state index < -0.39 is 0 Å². The summed E-state index contributed by atoms with van der Waals surface area (Å²) in [6, 6.07) is 0. The first-order valence-corrected chi connectivity index (χ1v) is 3.63. The van der Waals surface area contributed by atoms with Crippen molar-refractivity contribution in [3.05, 3.63) is 12.7 Å². The molecule has 1 fully saturated rings. The summed E-state index contributed by atoms with van der Waals surface area (Å²) < 4.78 is 0. The van der Waals surface area contributed by atoms with Gasteiger partial charge in [0.1, 0.15) is 0 Å². The van der Waals surface area contributed by atoms with Crippen molar-refractivity contribution in [3.8, 4) is 0 Å². The molecule has 0 aromatic rings. The molecule has 1 saturated heterocycles. The molecule has 56 valence electrons. The van der Waals surface area contributed by atoms with Gasteiger partial charge in [0, 0.05) is 13.6 Å². The zero-order chi connectivity index (χ0) is 7.56. The van der Waals surface area contributed by atoms with Crippen LogP contribution in [0.25, 0.3) is 0 Å². The molecular weight excluding hydrogens is 126 g/mol. The van der Waals surface area contributed by atoms with Crippen molar-refractivity contribution in [2.75, 3.05) is 13.6 Å². The fourth-order valence-electron chi connectivity index (χ4n) is 1.28. The van der Waals surface area contributed by atoms with Gasteiger partial charge in [-0.05, 0) is 12.8 Å². The lowest BCUT2D eigenvalue weighted by molar-refractivity contribution is -0.135. The predicted molar refractivity (Wildman–Crippen MR) is 40.6 cm³/mol. The molecule has 1 heterocycles. The van der Waals surface area contributed by atoms with Crippen LogP contribution in [0.1, 0.15) is 12.8 Å². The fraction of sp³-hybridized carbons (Fsp3) is 0.625. The maximum absolute atomic E-state index is 11.2. The van der Waals surface area contributed by atoms with Gasteiger partial charge >= 0.3 is 0 Å². The average Bonchev–Trinajstić information content (AvgIpc) is 1.95.